The van der Waals surface area contributed by atoms with Gasteiger partial charge in [-0.1, -0.05) is 29.3 Å². The molecule has 8 heteroatoms. The van der Waals surface area contributed by atoms with Gasteiger partial charge in [0.15, 0.2) is 0 Å². The lowest BCUT2D eigenvalue weighted by atomic mass is 10.2. The van der Waals surface area contributed by atoms with Crippen molar-refractivity contribution in [3.05, 3.63) is 58.6 Å². The molecule has 1 amide bonds. The van der Waals surface area contributed by atoms with Crippen LogP contribution in [0.5, 0.6) is 0 Å². The maximum atomic E-state index is 12.0. The van der Waals surface area contributed by atoms with Crippen LogP contribution in [0.4, 0.5) is 5.69 Å². The van der Waals surface area contributed by atoms with Crippen molar-refractivity contribution >= 4 is 34.8 Å². The van der Waals surface area contributed by atoms with E-state index in [4.69, 9.17) is 23.2 Å². The molecule has 2 aromatic carbocycles. The van der Waals surface area contributed by atoms with Gasteiger partial charge in [0.2, 0.25) is 11.7 Å². The van der Waals surface area contributed by atoms with Crippen molar-refractivity contribution in [1.29, 1.82) is 0 Å². The number of hydrogen-bond acceptors (Lipinski definition) is 4. The van der Waals surface area contributed by atoms with Crippen LogP contribution in [-0.2, 0) is 11.3 Å². The van der Waals surface area contributed by atoms with Gasteiger partial charge in [0, 0.05) is 27.7 Å². The number of benzene rings is 2. The summed E-state index contributed by atoms with van der Waals surface area (Å²) in [4.78, 5) is 13.3. The number of nitrogens with zero attached hydrogens (tertiary/aromatic N) is 4. The lowest BCUT2D eigenvalue weighted by molar-refractivity contribution is -0.116. The molecule has 0 spiro atoms. The van der Waals surface area contributed by atoms with Gasteiger partial charge in [-0.2, -0.15) is 4.80 Å². The van der Waals surface area contributed by atoms with E-state index >= 15 is 0 Å². The lowest BCUT2D eigenvalue weighted by Crippen LogP contribution is -2.15. The number of hydrogen-bond donors (Lipinski definition) is 1. The molecular formula is C16H13Cl2N5O. The summed E-state index contributed by atoms with van der Waals surface area (Å²) >= 11 is 11.7. The second-order valence-electron chi connectivity index (χ2n) is 5.02. The first-order valence-electron chi connectivity index (χ1n) is 7.19. The average Bonchev–Trinajstić information content (AvgIpc) is 3.03. The van der Waals surface area contributed by atoms with Crippen LogP contribution in [0.3, 0.4) is 0 Å². The molecule has 0 aliphatic rings. The summed E-state index contributed by atoms with van der Waals surface area (Å²) in [6.07, 6.45) is 0.225. The van der Waals surface area contributed by atoms with Crippen molar-refractivity contribution in [3.63, 3.8) is 0 Å². The van der Waals surface area contributed by atoms with Crippen LogP contribution in [-0.4, -0.2) is 26.1 Å². The SMILES string of the molecule is O=C(CCn1nnc(-c2ccc(Cl)cc2)n1)Nc1cccc(Cl)c1. The molecule has 0 atom stereocenters. The molecule has 3 rings (SSSR count). The van der Waals surface area contributed by atoms with E-state index in [1.165, 1.54) is 4.80 Å². The smallest absolute Gasteiger partial charge is 0.226 e. The molecule has 0 bridgehead atoms. The molecule has 24 heavy (non-hydrogen) atoms. The van der Waals surface area contributed by atoms with Crippen molar-refractivity contribution in [2.75, 3.05) is 5.32 Å². The number of aromatic nitrogens is 4. The number of rotatable bonds is 5. The van der Waals surface area contributed by atoms with Gasteiger partial charge in [-0.05, 0) is 47.7 Å². The summed E-state index contributed by atoms with van der Waals surface area (Å²) in [5, 5.41) is 16.2. The Kier molecular flexibility index (Phi) is 5.08. The molecule has 0 radical (unpaired) electrons. The van der Waals surface area contributed by atoms with E-state index in [9.17, 15) is 4.79 Å². The van der Waals surface area contributed by atoms with Crippen molar-refractivity contribution in [2.24, 2.45) is 0 Å². The highest BCUT2D eigenvalue weighted by atomic mass is 35.5. The van der Waals surface area contributed by atoms with Crippen LogP contribution in [0.2, 0.25) is 10.0 Å². The Bertz CT molecular complexity index is 848. The fourth-order valence-corrected chi connectivity index (χ4v) is 2.36. The van der Waals surface area contributed by atoms with E-state index in [0.717, 1.165) is 5.56 Å². The zero-order chi connectivity index (χ0) is 16.9. The lowest BCUT2D eigenvalue weighted by Gasteiger charge is -2.04. The van der Waals surface area contributed by atoms with Crippen LogP contribution in [0.25, 0.3) is 11.4 Å². The fraction of sp³-hybridized carbons (Fsp3) is 0.125. The van der Waals surface area contributed by atoms with Crippen LogP contribution in [0, 0.1) is 0 Å². The largest absolute Gasteiger partial charge is 0.326 e. The van der Waals surface area contributed by atoms with E-state index < -0.39 is 0 Å². The Balaban J connectivity index is 1.57. The molecule has 6 nitrogen and oxygen atoms in total. The molecule has 0 saturated heterocycles. The maximum absolute atomic E-state index is 12.0. The highest BCUT2D eigenvalue weighted by Crippen LogP contribution is 2.17. The van der Waals surface area contributed by atoms with Crippen molar-refractivity contribution in [3.8, 4) is 11.4 Å². The molecule has 0 fully saturated rings. The van der Waals surface area contributed by atoms with Crippen LogP contribution in [0.15, 0.2) is 48.5 Å². The van der Waals surface area contributed by atoms with Gasteiger partial charge in [0.1, 0.15) is 0 Å². The monoisotopic (exact) mass is 361 g/mol. The van der Waals surface area contributed by atoms with E-state index in [-0.39, 0.29) is 12.3 Å². The number of carbonyl (C=O) groups is 1. The minimum atomic E-state index is -0.150. The first-order valence-corrected chi connectivity index (χ1v) is 7.95. The number of tetrazole rings is 1. The van der Waals surface area contributed by atoms with Crippen molar-refractivity contribution in [2.45, 2.75) is 13.0 Å². The zero-order valence-electron chi connectivity index (χ0n) is 12.5. The van der Waals surface area contributed by atoms with Gasteiger partial charge < -0.3 is 5.32 Å². The number of halogens is 2. The molecule has 0 aliphatic carbocycles. The van der Waals surface area contributed by atoms with Crippen molar-refractivity contribution < 1.29 is 4.79 Å². The van der Waals surface area contributed by atoms with E-state index in [1.807, 2.05) is 12.1 Å². The number of anilines is 1. The third-order valence-corrected chi connectivity index (χ3v) is 3.69. The third-order valence-electron chi connectivity index (χ3n) is 3.20. The minimum Gasteiger partial charge on any atom is -0.326 e. The topological polar surface area (TPSA) is 72.7 Å². The molecule has 1 heterocycles. The predicted octanol–water partition coefficient (Wildman–Crippen LogP) is 3.68. The number of amides is 1. The Morgan fingerprint density at radius 3 is 2.62 bits per heavy atom. The average molecular weight is 362 g/mol. The summed E-state index contributed by atoms with van der Waals surface area (Å²) in [5.74, 6) is 0.338. The molecule has 122 valence electrons. The van der Waals surface area contributed by atoms with Gasteiger partial charge in [-0.3, -0.25) is 4.79 Å². The summed E-state index contributed by atoms with van der Waals surface area (Å²) < 4.78 is 0. The van der Waals surface area contributed by atoms with Gasteiger partial charge in [-0.25, -0.2) is 0 Å². The number of aryl methyl sites for hydroxylation is 1. The summed E-state index contributed by atoms with van der Waals surface area (Å²) in [6, 6.07) is 14.1. The minimum absolute atomic E-state index is 0.150. The summed E-state index contributed by atoms with van der Waals surface area (Å²) in [6.45, 7) is 0.326. The molecular weight excluding hydrogens is 349 g/mol. The standard InChI is InChI=1S/C16H13Cl2N5O/c17-12-6-4-11(5-7-12)16-20-22-23(21-16)9-8-15(24)19-14-3-1-2-13(18)10-14/h1-7,10H,8-9H2,(H,19,24). The van der Waals surface area contributed by atoms with E-state index in [1.54, 1.807) is 36.4 Å². The van der Waals surface area contributed by atoms with Gasteiger partial charge in [0.05, 0.1) is 6.54 Å². The molecule has 1 N–H and O–H groups in total. The zero-order valence-corrected chi connectivity index (χ0v) is 14.0. The quantitative estimate of drug-likeness (QED) is 0.752. The van der Waals surface area contributed by atoms with Gasteiger partial charge in [0.25, 0.3) is 0 Å². The predicted molar refractivity (Wildman–Crippen MR) is 93.0 cm³/mol. The maximum Gasteiger partial charge on any atom is 0.226 e. The Morgan fingerprint density at radius 1 is 1.08 bits per heavy atom. The van der Waals surface area contributed by atoms with Gasteiger partial charge in [-0.15, -0.1) is 10.2 Å². The molecule has 3 aromatic rings. The molecule has 0 aliphatic heterocycles. The fourth-order valence-electron chi connectivity index (χ4n) is 2.04. The highest BCUT2D eigenvalue weighted by molar-refractivity contribution is 6.31. The van der Waals surface area contributed by atoms with Crippen molar-refractivity contribution in [1.82, 2.24) is 20.2 Å². The van der Waals surface area contributed by atoms with E-state index in [0.29, 0.717) is 28.1 Å². The molecule has 0 saturated carbocycles. The second kappa shape index (κ2) is 7.42. The summed E-state index contributed by atoms with van der Waals surface area (Å²) in [7, 11) is 0. The van der Waals surface area contributed by atoms with Crippen LogP contribution in [0.1, 0.15) is 6.42 Å². The Hall–Kier alpha value is -2.44. The highest BCUT2D eigenvalue weighted by Gasteiger charge is 2.08. The van der Waals surface area contributed by atoms with E-state index in [2.05, 4.69) is 20.7 Å². The summed E-state index contributed by atoms with van der Waals surface area (Å²) in [5.41, 5.74) is 1.47. The number of nitrogens with one attached hydrogen (secondary N) is 1. The second-order valence-corrected chi connectivity index (χ2v) is 5.90. The Morgan fingerprint density at radius 2 is 1.88 bits per heavy atom. The first-order chi connectivity index (χ1) is 11.6. The van der Waals surface area contributed by atoms with Crippen LogP contribution < -0.4 is 5.32 Å². The Labute approximate surface area is 148 Å². The van der Waals surface area contributed by atoms with Gasteiger partial charge >= 0.3 is 0 Å². The normalized spacial score (nSPS) is 10.6. The third kappa shape index (κ3) is 4.31. The first kappa shape index (κ1) is 16.4. The number of carbonyl (C=O) groups excluding carboxylic acids is 1. The van der Waals surface area contributed by atoms with Crippen LogP contribution >= 0.6 is 23.2 Å². The molecule has 0 unspecified atom stereocenters. The molecule has 1 aromatic heterocycles.